The molecule has 4 amide bonds. The number of nitrogens with one attached hydrogen (secondary N) is 2. The molecule has 30 heavy (non-hydrogen) atoms. The van der Waals surface area contributed by atoms with E-state index in [0.29, 0.717) is 26.0 Å². The van der Waals surface area contributed by atoms with E-state index in [-0.39, 0.29) is 29.9 Å². The number of likely N-dealkylation sites (N-methyl/N-ethyl adjacent to an activating group) is 1. The second-order valence-electron chi connectivity index (χ2n) is 8.24. The number of urea groups is 1. The van der Waals surface area contributed by atoms with E-state index >= 15 is 0 Å². The normalized spacial score (nSPS) is 26.6. The molecule has 3 saturated heterocycles. The summed E-state index contributed by atoms with van der Waals surface area (Å²) in [7, 11) is 1.92. The van der Waals surface area contributed by atoms with E-state index in [9.17, 15) is 14.4 Å². The molecule has 2 N–H and O–H groups in total. The zero-order chi connectivity index (χ0) is 21.1. The van der Waals surface area contributed by atoms with E-state index in [1.54, 1.807) is 0 Å². The number of likely N-dealkylation sites (tertiary alicyclic amines) is 1. The topological polar surface area (TPSA) is 94.2 Å². The van der Waals surface area contributed by atoms with Crippen LogP contribution >= 0.6 is 0 Å². The van der Waals surface area contributed by atoms with Gasteiger partial charge in [-0.3, -0.25) is 30.2 Å². The van der Waals surface area contributed by atoms with Crippen molar-refractivity contribution in [3.05, 3.63) is 35.9 Å². The monoisotopic (exact) mass is 415 g/mol. The molecule has 4 rings (SSSR count). The number of carbonyl (C=O) groups excluding carboxylic acids is 3. The average molecular weight is 415 g/mol. The van der Waals surface area contributed by atoms with Gasteiger partial charge in [-0.15, -0.1) is 0 Å². The Kier molecular flexibility index (Phi) is 6.19. The van der Waals surface area contributed by atoms with Crippen molar-refractivity contribution >= 4 is 17.8 Å². The first-order chi connectivity index (χ1) is 14.5. The van der Waals surface area contributed by atoms with Gasteiger partial charge < -0.3 is 4.90 Å². The molecule has 1 aromatic carbocycles. The fourth-order valence-corrected chi connectivity index (χ4v) is 4.49. The maximum Gasteiger partial charge on any atom is 0.345 e. The van der Waals surface area contributed by atoms with Gasteiger partial charge in [0.25, 0.3) is 11.8 Å². The molecule has 0 spiro atoms. The molecule has 162 valence electrons. The highest BCUT2D eigenvalue weighted by molar-refractivity contribution is 5.90. The first-order valence-electron chi connectivity index (χ1n) is 10.6. The van der Waals surface area contributed by atoms with Gasteiger partial charge in [-0.2, -0.15) is 5.06 Å². The van der Waals surface area contributed by atoms with Crippen LogP contribution in [0.1, 0.15) is 37.7 Å². The van der Waals surface area contributed by atoms with Crippen molar-refractivity contribution in [2.24, 2.45) is 0 Å². The molecule has 0 radical (unpaired) electrons. The quantitative estimate of drug-likeness (QED) is 0.701. The van der Waals surface area contributed by atoms with Gasteiger partial charge in [-0.05, 0) is 44.8 Å². The maximum absolute atomic E-state index is 12.8. The van der Waals surface area contributed by atoms with Crippen molar-refractivity contribution in [2.75, 3.05) is 20.1 Å². The van der Waals surface area contributed by atoms with Crippen LogP contribution in [0.3, 0.4) is 0 Å². The van der Waals surface area contributed by atoms with Crippen molar-refractivity contribution in [1.82, 2.24) is 25.7 Å². The van der Waals surface area contributed by atoms with Gasteiger partial charge in [-0.25, -0.2) is 4.79 Å². The predicted octanol–water partition coefficient (Wildman–Crippen LogP) is 1.02. The number of piperidine rings is 2. The first kappa shape index (κ1) is 20.6. The van der Waals surface area contributed by atoms with Gasteiger partial charge >= 0.3 is 6.03 Å². The summed E-state index contributed by atoms with van der Waals surface area (Å²) in [4.78, 5) is 47.2. The van der Waals surface area contributed by atoms with E-state index < -0.39 is 6.04 Å². The van der Waals surface area contributed by atoms with Gasteiger partial charge in [0.05, 0.1) is 12.1 Å². The van der Waals surface area contributed by atoms with Crippen molar-refractivity contribution in [1.29, 1.82) is 0 Å². The Balaban J connectivity index is 1.30. The van der Waals surface area contributed by atoms with Gasteiger partial charge in [-0.1, -0.05) is 36.8 Å². The number of rotatable bonds is 5. The molecule has 0 aromatic heterocycles. The van der Waals surface area contributed by atoms with Crippen LogP contribution in [0.25, 0.3) is 0 Å². The third kappa shape index (κ3) is 4.27. The van der Waals surface area contributed by atoms with Crippen LogP contribution in [0.5, 0.6) is 0 Å². The van der Waals surface area contributed by atoms with Crippen LogP contribution < -0.4 is 10.9 Å². The van der Waals surface area contributed by atoms with Crippen LogP contribution in [0.15, 0.2) is 30.3 Å². The van der Waals surface area contributed by atoms with Crippen molar-refractivity contribution in [3.63, 3.8) is 0 Å². The SMILES string of the molecule is CN1CCCCC1C(=O)NNC(=O)C1CCC2CN1C(=O)N2OCc1ccccc1. The lowest BCUT2D eigenvalue weighted by Gasteiger charge is -2.32. The van der Waals surface area contributed by atoms with Crippen LogP contribution in [0.2, 0.25) is 0 Å². The molecule has 3 heterocycles. The Labute approximate surface area is 176 Å². The maximum atomic E-state index is 12.8. The third-order valence-corrected chi connectivity index (χ3v) is 6.22. The van der Waals surface area contributed by atoms with Gasteiger partial charge in [0.15, 0.2) is 0 Å². The molecule has 3 atom stereocenters. The molecular weight excluding hydrogens is 386 g/mol. The van der Waals surface area contributed by atoms with Crippen molar-refractivity contribution < 1.29 is 19.2 Å². The lowest BCUT2D eigenvalue weighted by molar-refractivity contribution is -0.140. The molecule has 3 fully saturated rings. The van der Waals surface area contributed by atoms with E-state index in [2.05, 4.69) is 10.9 Å². The van der Waals surface area contributed by atoms with Crippen LogP contribution in [-0.4, -0.2) is 71.0 Å². The molecule has 0 saturated carbocycles. The lowest BCUT2D eigenvalue weighted by atomic mass is 10.0. The Morgan fingerprint density at radius 2 is 1.77 bits per heavy atom. The highest BCUT2D eigenvalue weighted by atomic mass is 16.7. The van der Waals surface area contributed by atoms with E-state index in [1.807, 2.05) is 42.3 Å². The smallest absolute Gasteiger partial charge is 0.309 e. The predicted molar refractivity (Wildman–Crippen MR) is 109 cm³/mol. The Morgan fingerprint density at radius 3 is 2.50 bits per heavy atom. The number of benzene rings is 1. The molecule has 3 aliphatic heterocycles. The third-order valence-electron chi connectivity index (χ3n) is 6.22. The van der Waals surface area contributed by atoms with E-state index in [4.69, 9.17) is 4.84 Å². The average Bonchev–Trinajstić information content (AvgIpc) is 3.01. The highest BCUT2D eigenvalue weighted by Crippen LogP contribution is 2.30. The van der Waals surface area contributed by atoms with E-state index in [0.717, 1.165) is 31.4 Å². The number of hydroxylamine groups is 2. The molecular formula is C21H29N5O4. The second kappa shape index (κ2) is 9.01. The molecule has 3 unspecified atom stereocenters. The van der Waals surface area contributed by atoms with Crippen LogP contribution in [0.4, 0.5) is 4.79 Å². The number of hydrazine groups is 1. The van der Waals surface area contributed by atoms with E-state index in [1.165, 1.54) is 9.96 Å². The van der Waals surface area contributed by atoms with Crippen LogP contribution in [0, 0.1) is 0 Å². The highest BCUT2D eigenvalue weighted by Gasteiger charge is 2.48. The minimum Gasteiger partial charge on any atom is -0.309 e. The standard InChI is InChI=1S/C21H29N5O4/c1-24-12-6-5-9-17(24)19(27)22-23-20(28)18-11-10-16-13-25(18)21(29)26(16)30-14-15-7-3-2-4-8-15/h2-4,7-8,16-18H,5-6,9-14H2,1H3,(H,22,27)(H,23,28). The summed E-state index contributed by atoms with van der Waals surface area (Å²) in [6, 6.07) is 8.46. The van der Waals surface area contributed by atoms with Crippen molar-refractivity contribution in [3.8, 4) is 0 Å². The Morgan fingerprint density at radius 1 is 1.03 bits per heavy atom. The molecule has 1 aromatic rings. The molecule has 0 aliphatic carbocycles. The second-order valence-corrected chi connectivity index (χ2v) is 8.24. The summed E-state index contributed by atoms with van der Waals surface area (Å²) in [6.07, 6.45) is 4.07. The summed E-state index contributed by atoms with van der Waals surface area (Å²) in [5, 5.41) is 1.40. The zero-order valence-corrected chi connectivity index (χ0v) is 17.3. The summed E-state index contributed by atoms with van der Waals surface area (Å²) >= 11 is 0. The fourth-order valence-electron chi connectivity index (χ4n) is 4.49. The minimum absolute atomic E-state index is 0.0595. The lowest BCUT2D eigenvalue weighted by Crippen LogP contribution is -2.57. The molecule has 9 nitrogen and oxygen atoms in total. The van der Waals surface area contributed by atoms with Gasteiger partial charge in [0, 0.05) is 6.54 Å². The number of hydrogen-bond donors (Lipinski definition) is 2. The molecule has 3 aliphatic rings. The Hall–Kier alpha value is -2.65. The molecule has 9 heteroatoms. The summed E-state index contributed by atoms with van der Waals surface area (Å²) in [5.41, 5.74) is 6.05. The zero-order valence-electron chi connectivity index (χ0n) is 17.3. The fraction of sp³-hybridized carbons (Fsp3) is 0.571. The first-order valence-corrected chi connectivity index (χ1v) is 10.6. The van der Waals surface area contributed by atoms with Crippen LogP contribution in [-0.2, 0) is 21.0 Å². The van der Waals surface area contributed by atoms with Crippen molar-refractivity contribution in [2.45, 2.75) is 56.8 Å². The summed E-state index contributed by atoms with van der Waals surface area (Å²) < 4.78 is 0. The minimum atomic E-state index is -0.608. The van der Waals surface area contributed by atoms with Gasteiger partial charge in [0.1, 0.15) is 12.6 Å². The number of amides is 4. The molecule has 2 bridgehead atoms. The number of carbonyl (C=O) groups is 3. The number of nitrogens with zero attached hydrogens (tertiary/aromatic N) is 3. The largest absolute Gasteiger partial charge is 0.345 e. The number of fused-ring (bicyclic) bond motifs is 2. The Bertz CT molecular complexity index is 789. The summed E-state index contributed by atoms with van der Waals surface area (Å²) in [5.74, 6) is -0.571. The number of hydrogen-bond acceptors (Lipinski definition) is 5. The summed E-state index contributed by atoms with van der Waals surface area (Å²) in [6.45, 7) is 1.63. The van der Waals surface area contributed by atoms with Gasteiger partial charge in [0.2, 0.25) is 0 Å².